The van der Waals surface area contributed by atoms with Crippen molar-refractivity contribution in [1.29, 1.82) is 0 Å². The van der Waals surface area contributed by atoms with Crippen molar-refractivity contribution in [2.45, 2.75) is 37.4 Å². The number of benzene rings is 2. The minimum absolute atomic E-state index is 0.0683. The predicted molar refractivity (Wildman–Crippen MR) is 99.6 cm³/mol. The maximum atomic E-state index is 13.6. The van der Waals surface area contributed by atoms with E-state index in [1.807, 2.05) is 13.8 Å². The molecule has 2 aromatic rings. The third-order valence-corrected chi connectivity index (χ3v) is 6.28. The Hall–Kier alpha value is -2.46. The Morgan fingerprint density at radius 1 is 1.13 bits per heavy atom. The lowest BCUT2D eigenvalue weighted by Crippen LogP contribution is -2.19. The molecule has 10 heteroatoms. The van der Waals surface area contributed by atoms with E-state index in [-0.39, 0.29) is 22.2 Å². The minimum Gasteiger partial charge on any atom is -0.405 e. The molecule has 0 bridgehead atoms. The first-order valence-corrected chi connectivity index (χ1v) is 10.4. The maximum Gasteiger partial charge on any atom is 0.573 e. The summed E-state index contributed by atoms with van der Waals surface area (Å²) < 4.78 is 78.1. The fourth-order valence-corrected chi connectivity index (χ4v) is 4.45. The maximum absolute atomic E-state index is 13.6. The first-order valence-electron chi connectivity index (χ1n) is 8.90. The standard InChI is InChI=1S/C20H19F4NO4S/c1-19(2)17(11-3-6-14(7-4-11)30(25,27)28)18(19)15(26)10-12-9-13(21)5-8-16(12)29-20(22,23)24/h3-9,17-18H,10H2,1-2H3,(H2,25,27,28)/t17-,18-/m0/s1. The molecule has 1 fully saturated rings. The van der Waals surface area contributed by atoms with Crippen LogP contribution in [0.2, 0.25) is 0 Å². The van der Waals surface area contributed by atoms with Crippen molar-refractivity contribution in [2.24, 2.45) is 16.5 Å². The van der Waals surface area contributed by atoms with Gasteiger partial charge in [0.2, 0.25) is 10.0 Å². The molecule has 0 amide bonds. The molecule has 0 spiro atoms. The predicted octanol–water partition coefficient (Wildman–Crippen LogP) is 3.92. The molecule has 162 valence electrons. The highest BCUT2D eigenvalue weighted by atomic mass is 32.2. The SMILES string of the molecule is CC1(C)[C@@H](C(=O)Cc2cc(F)ccc2OC(F)(F)F)[C@@H]1c1ccc(S(N)(=O)=O)cc1. The van der Waals surface area contributed by atoms with E-state index in [1.54, 1.807) is 12.1 Å². The lowest BCUT2D eigenvalue weighted by atomic mass is 10.0. The monoisotopic (exact) mass is 445 g/mol. The number of Topliss-reactive ketones (excluding diaryl/α,β-unsaturated/α-hetero) is 1. The van der Waals surface area contributed by atoms with Crippen LogP contribution in [0.25, 0.3) is 0 Å². The Bertz CT molecular complexity index is 1080. The van der Waals surface area contributed by atoms with Gasteiger partial charge in [0.25, 0.3) is 0 Å². The number of carbonyl (C=O) groups is 1. The molecule has 0 aromatic heterocycles. The van der Waals surface area contributed by atoms with Gasteiger partial charge in [0, 0.05) is 17.9 Å². The van der Waals surface area contributed by atoms with Crippen LogP contribution in [0.5, 0.6) is 5.75 Å². The second-order valence-electron chi connectivity index (χ2n) is 7.83. The van der Waals surface area contributed by atoms with Gasteiger partial charge in [-0.3, -0.25) is 4.79 Å². The second kappa shape index (κ2) is 7.35. The number of carbonyl (C=O) groups excluding carboxylic acids is 1. The number of rotatable bonds is 6. The fourth-order valence-electron chi connectivity index (χ4n) is 3.93. The van der Waals surface area contributed by atoms with Crippen LogP contribution in [0.4, 0.5) is 17.6 Å². The first kappa shape index (κ1) is 22.2. The molecular formula is C20H19F4NO4S. The summed E-state index contributed by atoms with van der Waals surface area (Å²) in [6.45, 7) is 3.65. The van der Waals surface area contributed by atoms with Gasteiger partial charge in [0.15, 0.2) is 0 Å². The van der Waals surface area contributed by atoms with Crippen molar-refractivity contribution < 1.29 is 35.5 Å². The summed E-state index contributed by atoms with van der Waals surface area (Å²) >= 11 is 0. The normalized spacial score (nSPS) is 20.6. The number of primary sulfonamides is 1. The highest BCUT2D eigenvalue weighted by Crippen LogP contribution is 2.65. The Balaban J connectivity index is 1.82. The summed E-state index contributed by atoms with van der Waals surface area (Å²) in [6, 6.07) is 8.30. The van der Waals surface area contributed by atoms with Gasteiger partial charge in [-0.15, -0.1) is 13.2 Å². The lowest BCUT2D eigenvalue weighted by Gasteiger charge is -2.13. The molecule has 3 rings (SSSR count). The summed E-state index contributed by atoms with van der Waals surface area (Å²) in [5, 5.41) is 5.08. The van der Waals surface area contributed by atoms with Crippen LogP contribution in [-0.4, -0.2) is 20.6 Å². The van der Waals surface area contributed by atoms with E-state index in [9.17, 15) is 30.8 Å². The van der Waals surface area contributed by atoms with E-state index >= 15 is 0 Å². The third kappa shape index (κ3) is 4.65. The van der Waals surface area contributed by atoms with E-state index in [1.165, 1.54) is 12.1 Å². The number of ketones is 1. The van der Waals surface area contributed by atoms with Crippen LogP contribution in [0.1, 0.15) is 30.9 Å². The van der Waals surface area contributed by atoms with Crippen LogP contribution in [0, 0.1) is 17.2 Å². The summed E-state index contributed by atoms with van der Waals surface area (Å²) in [7, 11) is -3.86. The summed E-state index contributed by atoms with van der Waals surface area (Å²) in [4.78, 5) is 12.8. The van der Waals surface area contributed by atoms with Gasteiger partial charge < -0.3 is 4.74 Å². The zero-order chi connectivity index (χ0) is 22.5. The molecule has 0 unspecified atom stereocenters. The summed E-state index contributed by atoms with van der Waals surface area (Å²) in [6.07, 6.45) is -5.40. The number of halogens is 4. The molecular weight excluding hydrogens is 426 g/mol. The van der Waals surface area contributed by atoms with Crippen molar-refractivity contribution >= 4 is 15.8 Å². The molecule has 0 heterocycles. The number of ether oxygens (including phenoxy) is 1. The smallest absolute Gasteiger partial charge is 0.405 e. The number of nitrogens with two attached hydrogens (primary N) is 1. The molecule has 5 nitrogen and oxygen atoms in total. The number of sulfonamides is 1. The molecule has 2 aromatic carbocycles. The van der Waals surface area contributed by atoms with E-state index in [0.29, 0.717) is 5.56 Å². The topological polar surface area (TPSA) is 86.5 Å². The highest BCUT2D eigenvalue weighted by molar-refractivity contribution is 7.89. The zero-order valence-electron chi connectivity index (χ0n) is 16.0. The molecule has 1 saturated carbocycles. The molecule has 30 heavy (non-hydrogen) atoms. The van der Waals surface area contributed by atoms with Crippen molar-refractivity contribution in [3.63, 3.8) is 0 Å². The Labute approximate surface area is 170 Å². The van der Waals surface area contributed by atoms with Crippen molar-refractivity contribution in [1.82, 2.24) is 0 Å². The van der Waals surface area contributed by atoms with Crippen molar-refractivity contribution in [3.05, 3.63) is 59.4 Å². The van der Waals surface area contributed by atoms with Gasteiger partial charge in [-0.05, 0) is 47.2 Å². The van der Waals surface area contributed by atoms with Gasteiger partial charge in [0.05, 0.1) is 4.90 Å². The molecule has 1 aliphatic carbocycles. The van der Waals surface area contributed by atoms with Crippen LogP contribution >= 0.6 is 0 Å². The summed E-state index contributed by atoms with van der Waals surface area (Å²) in [5.41, 5.74) is 0.0126. The largest absolute Gasteiger partial charge is 0.573 e. The van der Waals surface area contributed by atoms with Crippen molar-refractivity contribution in [2.75, 3.05) is 0 Å². The van der Waals surface area contributed by atoms with Gasteiger partial charge in [0.1, 0.15) is 17.3 Å². The van der Waals surface area contributed by atoms with Gasteiger partial charge >= 0.3 is 6.36 Å². The quantitative estimate of drug-likeness (QED) is 0.683. The van der Waals surface area contributed by atoms with Crippen LogP contribution < -0.4 is 9.88 Å². The lowest BCUT2D eigenvalue weighted by molar-refractivity contribution is -0.274. The molecule has 2 atom stereocenters. The number of hydrogen-bond acceptors (Lipinski definition) is 4. The number of alkyl halides is 3. The van der Waals surface area contributed by atoms with Crippen molar-refractivity contribution in [3.8, 4) is 5.75 Å². The Morgan fingerprint density at radius 2 is 1.73 bits per heavy atom. The van der Waals surface area contributed by atoms with Crippen LogP contribution in [0.3, 0.4) is 0 Å². The van der Waals surface area contributed by atoms with E-state index in [2.05, 4.69) is 4.74 Å². The van der Waals surface area contributed by atoms with Gasteiger partial charge in [-0.25, -0.2) is 17.9 Å². The summed E-state index contributed by atoms with van der Waals surface area (Å²) in [5.74, 6) is -2.56. The number of hydrogen-bond donors (Lipinski definition) is 1. The van der Waals surface area contributed by atoms with Gasteiger partial charge in [-0.2, -0.15) is 0 Å². The first-order chi connectivity index (χ1) is 13.7. The Kier molecular flexibility index (Phi) is 5.44. The van der Waals surface area contributed by atoms with Crippen LogP contribution in [0.15, 0.2) is 47.4 Å². The fraction of sp³-hybridized carbons (Fsp3) is 0.350. The van der Waals surface area contributed by atoms with Gasteiger partial charge in [-0.1, -0.05) is 26.0 Å². The molecule has 1 aliphatic rings. The van der Waals surface area contributed by atoms with E-state index < -0.39 is 45.7 Å². The van der Waals surface area contributed by atoms with E-state index in [0.717, 1.165) is 18.2 Å². The highest BCUT2D eigenvalue weighted by Gasteiger charge is 2.61. The average molecular weight is 445 g/mol. The molecule has 0 saturated heterocycles. The molecule has 0 aliphatic heterocycles. The minimum atomic E-state index is -4.97. The zero-order valence-corrected chi connectivity index (χ0v) is 16.9. The third-order valence-electron chi connectivity index (χ3n) is 5.35. The second-order valence-corrected chi connectivity index (χ2v) is 9.40. The van der Waals surface area contributed by atoms with Crippen LogP contribution in [-0.2, 0) is 21.2 Å². The average Bonchev–Trinajstić information content (AvgIpc) is 3.18. The van der Waals surface area contributed by atoms with E-state index in [4.69, 9.17) is 5.14 Å². The molecule has 2 N–H and O–H groups in total. The molecule has 0 radical (unpaired) electrons. The Morgan fingerprint density at radius 3 is 2.27 bits per heavy atom.